The fourth-order valence-electron chi connectivity index (χ4n) is 2.58. The summed E-state index contributed by atoms with van der Waals surface area (Å²) in [4.78, 5) is 13.7. The third kappa shape index (κ3) is 4.96. The zero-order valence-electron chi connectivity index (χ0n) is 14.5. The molecule has 9 nitrogen and oxygen atoms in total. The number of aliphatic hydroxyl groups is 1. The second-order valence-electron chi connectivity index (χ2n) is 5.90. The van der Waals surface area contributed by atoms with Crippen LogP contribution in [0.4, 0.5) is 4.79 Å². The predicted octanol–water partition coefficient (Wildman–Crippen LogP) is -2.84. The van der Waals surface area contributed by atoms with Gasteiger partial charge in [0, 0.05) is 0 Å². The zero-order valence-corrected chi connectivity index (χ0v) is 16.7. The van der Waals surface area contributed by atoms with E-state index in [0.717, 1.165) is 16.6 Å². The molecule has 2 amide bonds. The molecular formula is C16H23IN5O4-. The normalized spacial score (nSPS) is 16.0. The number of ether oxygens (including phenoxy) is 2. The molecule has 2 heterocycles. The van der Waals surface area contributed by atoms with E-state index < -0.39 is 27.9 Å². The molecule has 10 heteroatoms. The number of hydrogen-bond acceptors (Lipinski definition) is 6. The Morgan fingerprint density at radius 2 is 2.31 bits per heavy atom. The third-order valence-electron chi connectivity index (χ3n) is 3.96. The van der Waals surface area contributed by atoms with Crippen LogP contribution >= 0.6 is 0 Å². The van der Waals surface area contributed by atoms with E-state index in [-0.39, 0.29) is 12.6 Å². The van der Waals surface area contributed by atoms with Gasteiger partial charge in [-0.1, -0.05) is 0 Å². The number of rotatable bonds is 7. The van der Waals surface area contributed by atoms with Gasteiger partial charge in [-0.05, 0) is 0 Å². The molecule has 0 spiro atoms. The number of aryl methyl sites for hydroxylation is 1. The van der Waals surface area contributed by atoms with Gasteiger partial charge in [-0.3, -0.25) is 0 Å². The number of nitrogens with one attached hydrogen (secondary N) is 3. The van der Waals surface area contributed by atoms with Crippen LogP contribution in [-0.4, -0.2) is 71.8 Å². The SMILES string of the molecule is Cc1[nH]nc2cccc(OC[C@@H](O)CN[I-]NC(=O)N3CCOCC3)c12. The second kappa shape index (κ2) is 9.35. The molecule has 1 fully saturated rings. The van der Waals surface area contributed by atoms with Gasteiger partial charge in [0.2, 0.25) is 0 Å². The molecule has 0 bridgehead atoms. The summed E-state index contributed by atoms with van der Waals surface area (Å²) in [5, 5.41) is 18.1. The van der Waals surface area contributed by atoms with Crippen molar-refractivity contribution in [3.05, 3.63) is 23.9 Å². The van der Waals surface area contributed by atoms with Crippen LogP contribution in [0.5, 0.6) is 5.75 Å². The number of benzene rings is 1. The molecule has 0 unspecified atom stereocenters. The Bertz CT molecular complexity index is 734. The van der Waals surface area contributed by atoms with Crippen LogP contribution in [0.2, 0.25) is 0 Å². The van der Waals surface area contributed by atoms with Crippen LogP contribution in [0.3, 0.4) is 0 Å². The van der Waals surface area contributed by atoms with Gasteiger partial charge >= 0.3 is 162 Å². The molecule has 0 saturated carbocycles. The Kier molecular flexibility index (Phi) is 6.88. The van der Waals surface area contributed by atoms with Crippen molar-refractivity contribution in [2.45, 2.75) is 13.0 Å². The molecule has 1 aliphatic rings. The van der Waals surface area contributed by atoms with Gasteiger partial charge in [-0.25, -0.2) is 0 Å². The molecule has 1 aromatic carbocycles. The van der Waals surface area contributed by atoms with Crippen molar-refractivity contribution in [1.29, 1.82) is 0 Å². The van der Waals surface area contributed by atoms with Gasteiger partial charge < -0.3 is 0 Å². The van der Waals surface area contributed by atoms with E-state index in [1.165, 1.54) is 0 Å². The third-order valence-corrected chi connectivity index (χ3v) is 5.51. The second-order valence-corrected chi connectivity index (χ2v) is 7.74. The molecule has 1 atom stereocenters. The quantitative estimate of drug-likeness (QED) is 0.195. The molecule has 3 rings (SSSR count). The van der Waals surface area contributed by atoms with Crippen LogP contribution < -0.4 is 33.5 Å². The minimum absolute atomic E-state index is 0.0820. The van der Waals surface area contributed by atoms with E-state index in [1.807, 2.05) is 25.1 Å². The number of morpholine rings is 1. The molecule has 2 aromatic rings. The Labute approximate surface area is 162 Å². The summed E-state index contributed by atoms with van der Waals surface area (Å²) in [5.41, 5.74) is 1.77. The molecule has 0 aliphatic carbocycles. The number of H-pyrrole nitrogens is 1. The fraction of sp³-hybridized carbons (Fsp3) is 0.500. The molecule has 144 valence electrons. The van der Waals surface area contributed by atoms with Crippen molar-refractivity contribution < 1.29 is 41.1 Å². The van der Waals surface area contributed by atoms with E-state index in [4.69, 9.17) is 9.47 Å². The van der Waals surface area contributed by atoms with Gasteiger partial charge in [0.15, 0.2) is 0 Å². The Morgan fingerprint density at radius 3 is 3.12 bits per heavy atom. The minimum atomic E-state index is -0.732. The van der Waals surface area contributed by atoms with Crippen molar-refractivity contribution in [3.8, 4) is 5.75 Å². The standard InChI is InChI=1S/C16H23IN5O4/c1-11-15-13(21-20-11)3-2-4-14(15)26-10-12(23)9-18-17-19-16(24)22-5-7-25-8-6-22/h2-4,12,18,23H,5-10H2,1H3,(H,19,24)(H,20,21)/q-1/t12-/m0/s1. The summed E-state index contributed by atoms with van der Waals surface area (Å²) >= 11 is -0.732. The van der Waals surface area contributed by atoms with E-state index in [9.17, 15) is 9.90 Å². The van der Waals surface area contributed by atoms with Crippen LogP contribution in [-0.2, 0) is 4.74 Å². The summed E-state index contributed by atoms with van der Waals surface area (Å²) in [7, 11) is 0. The predicted molar refractivity (Wildman–Crippen MR) is 91.3 cm³/mol. The summed E-state index contributed by atoms with van der Waals surface area (Å²) in [6.45, 7) is 4.85. The molecular weight excluding hydrogens is 453 g/mol. The topological polar surface area (TPSA) is 112 Å². The number of aromatic nitrogens is 2. The summed E-state index contributed by atoms with van der Waals surface area (Å²) in [6.07, 6.45) is -0.669. The molecule has 1 aliphatic heterocycles. The number of carbonyl (C=O) groups excluding carboxylic acids is 1. The van der Waals surface area contributed by atoms with Gasteiger partial charge in [-0.2, -0.15) is 0 Å². The zero-order chi connectivity index (χ0) is 18.4. The van der Waals surface area contributed by atoms with Gasteiger partial charge in [0.25, 0.3) is 0 Å². The molecule has 4 N–H and O–H groups in total. The number of hydrogen-bond donors (Lipinski definition) is 4. The Morgan fingerprint density at radius 1 is 1.50 bits per heavy atom. The van der Waals surface area contributed by atoms with Crippen molar-refractivity contribution in [2.24, 2.45) is 0 Å². The summed E-state index contributed by atoms with van der Waals surface area (Å²) in [6, 6.07) is 5.56. The van der Waals surface area contributed by atoms with Crippen LogP contribution in [0, 0.1) is 6.92 Å². The first-order chi connectivity index (χ1) is 12.6. The first-order valence-corrected chi connectivity index (χ1v) is 10.5. The van der Waals surface area contributed by atoms with Gasteiger partial charge in [0.1, 0.15) is 0 Å². The van der Waals surface area contributed by atoms with Crippen molar-refractivity contribution in [3.63, 3.8) is 0 Å². The Balaban J connectivity index is 1.37. The fourth-order valence-corrected chi connectivity index (χ4v) is 4.07. The molecule has 1 saturated heterocycles. The number of fused-ring (bicyclic) bond motifs is 1. The molecule has 0 radical (unpaired) electrons. The number of carbonyl (C=O) groups is 1. The Hall–Kier alpha value is -1.63. The average molecular weight is 476 g/mol. The number of aliphatic hydroxyl groups excluding tert-OH is 1. The maximum absolute atomic E-state index is 11.9. The van der Waals surface area contributed by atoms with Gasteiger partial charge in [-0.15, -0.1) is 0 Å². The monoisotopic (exact) mass is 476 g/mol. The molecule has 26 heavy (non-hydrogen) atoms. The summed E-state index contributed by atoms with van der Waals surface area (Å²) < 4.78 is 16.9. The number of nitrogens with zero attached hydrogens (tertiary/aromatic N) is 2. The van der Waals surface area contributed by atoms with Crippen LogP contribution in [0.25, 0.3) is 10.9 Å². The van der Waals surface area contributed by atoms with Crippen molar-refractivity contribution >= 4 is 16.9 Å². The number of aromatic amines is 1. The van der Waals surface area contributed by atoms with E-state index >= 15 is 0 Å². The van der Waals surface area contributed by atoms with Crippen LogP contribution in [0.15, 0.2) is 18.2 Å². The first-order valence-electron chi connectivity index (χ1n) is 8.38. The molecule has 1 aromatic heterocycles. The number of halogens is 1. The van der Waals surface area contributed by atoms with Crippen molar-refractivity contribution in [1.82, 2.24) is 22.2 Å². The van der Waals surface area contributed by atoms with E-state index in [1.54, 1.807) is 4.90 Å². The van der Waals surface area contributed by atoms with Crippen LogP contribution in [0.1, 0.15) is 5.69 Å². The van der Waals surface area contributed by atoms with Gasteiger partial charge in [0.05, 0.1) is 0 Å². The average Bonchev–Trinajstić information content (AvgIpc) is 3.06. The maximum atomic E-state index is 11.9. The van der Waals surface area contributed by atoms with Crippen molar-refractivity contribution in [2.75, 3.05) is 39.5 Å². The number of urea groups is 1. The number of amides is 2. The van der Waals surface area contributed by atoms with E-state index in [2.05, 4.69) is 17.3 Å². The summed E-state index contributed by atoms with van der Waals surface area (Å²) in [5.74, 6) is 0.697. The first kappa shape index (κ1) is 19.1. The van der Waals surface area contributed by atoms with E-state index in [0.29, 0.717) is 38.6 Å².